The molecule has 0 amide bonds. The van der Waals surface area contributed by atoms with Gasteiger partial charge in [-0.1, -0.05) is 39.5 Å². The van der Waals surface area contributed by atoms with Crippen LogP contribution in [0.4, 0.5) is 0 Å². The Morgan fingerprint density at radius 3 is 1.94 bits per heavy atom. The van der Waals surface area contributed by atoms with Gasteiger partial charge in [-0.05, 0) is 33.6 Å². The Labute approximate surface area is 103 Å². The first-order valence-corrected chi connectivity index (χ1v) is 7.03. The molecule has 0 unspecified atom stereocenters. The number of hydrogen-bond donors (Lipinski definition) is 1. The van der Waals surface area contributed by atoms with Crippen molar-refractivity contribution in [1.82, 2.24) is 10.4 Å². The summed E-state index contributed by atoms with van der Waals surface area (Å²) in [5, 5.41) is 2.42. The Morgan fingerprint density at radius 2 is 1.44 bits per heavy atom. The van der Waals surface area contributed by atoms with E-state index in [1.807, 2.05) is 0 Å². The molecule has 0 aliphatic carbocycles. The van der Waals surface area contributed by atoms with Gasteiger partial charge in [0.1, 0.15) is 0 Å². The van der Waals surface area contributed by atoms with Crippen molar-refractivity contribution in [3.8, 4) is 0 Å². The number of nitrogens with zero attached hydrogens (tertiary/aromatic N) is 1. The molecule has 0 heterocycles. The van der Waals surface area contributed by atoms with E-state index >= 15 is 0 Å². The minimum atomic E-state index is 0.236. The average molecular weight is 228 g/mol. The first kappa shape index (κ1) is 15.9. The Morgan fingerprint density at radius 1 is 0.875 bits per heavy atom. The molecule has 0 saturated heterocycles. The van der Waals surface area contributed by atoms with Gasteiger partial charge in [0.15, 0.2) is 0 Å². The third-order valence-corrected chi connectivity index (χ3v) is 2.88. The van der Waals surface area contributed by atoms with Crippen molar-refractivity contribution in [1.29, 1.82) is 0 Å². The van der Waals surface area contributed by atoms with Crippen molar-refractivity contribution in [2.24, 2.45) is 0 Å². The van der Waals surface area contributed by atoms with Crippen LogP contribution in [0.5, 0.6) is 0 Å². The molecule has 0 aliphatic heterocycles. The van der Waals surface area contributed by atoms with Crippen LogP contribution in [-0.4, -0.2) is 23.6 Å². The van der Waals surface area contributed by atoms with Gasteiger partial charge in [0, 0.05) is 18.6 Å². The molecule has 0 bridgehead atoms. The summed E-state index contributed by atoms with van der Waals surface area (Å²) in [6, 6.07) is 0. The summed E-state index contributed by atoms with van der Waals surface area (Å²) in [6.45, 7) is 13.7. The monoisotopic (exact) mass is 228 g/mol. The predicted octanol–water partition coefficient (Wildman–Crippen LogP) is 3.97. The lowest BCUT2D eigenvalue weighted by Gasteiger charge is -2.36. The Hall–Kier alpha value is -0.0800. The molecule has 0 atom stereocenters. The number of rotatable bonds is 9. The molecule has 0 aromatic rings. The zero-order valence-corrected chi connectivity index (χ0v) is 12.1. The summed E-state index contributed by atoms with van der Waals surface area (Å²) in [5.41, 5.74) is 3.82. The van der Waals surface area contributed by atoms with E-state index < -0.39 is 0 Å². The lowest BCUT2D eigenvalue weighted by molar-refractivity contribution is 0.0698. The highest BCUT2D eigenvalue weighted by Gasteiger charge is 2.19. The van der Waals surface area contributed by atoms with Gasteiger partial charge >= 0.3 is 0 Å². The molecule has 0 saturated carbocycles. The summed E-state index contributed by atoms with van der Waals surface area (Å²) in [4.78, 5) is 0. The Kier molecular flexibility index (Phi) is 8.96. The van der Waals surface area contributed by atoms with Gasteiger partial charge in [0.25, 0.3) is 0 Å². The summed E-state index contributed by atoms with van der Waals surface area (Å²) in [7, 11) is 0. The standard InChI is InChI=1S/C14H32N2/c1-6-8-10-12-15-16(14(3,4)5)13-11-9-7-2/h15H,6-13H2,1-5H3. The molecule has 98 valence electrons. The van der Waals surface area contributed by atoms with Gasteiger partial charge in [-0.25, -0.2) is 5.01 Å². The fourth-order valence-corrected chi connectivity index (χ4v) is 1.76. The predicted molar refractivity (Wildman–Crippen MR) is 73.5 cm³/mol. The van der Waals surface area contributed by atoms with Crippen LogP contribution in [0.2, 0.25) is 0 Å². The van der Waals surface area contributed by atoms with E-state index in [2.05, 4.69) is 45.1 Å². The molecule has 0 spiro atoms. The molecule has 0 radical (unpaired) electrons. The summed E-state index contributed by atoms with van der Waals surface area (Å²) >= 11 is 0. The van der Waals surface area contributed by atoms with Crippen molar-refractivity contribution >= 4 is 0 Å². The van der Waals surface area contributed by atoms with Crippen molar-refractivity contribution in [2.45, 2.75) is 78.7 Å². The molecule has 0 fully saturated rings. The summed E-state index contributed by atoms with van der Waals surface area (Å²) in [6.07, 6.45) is 7.86. The number of hydrazine groups is 1. The van der Waals surface area contributed by atoms with E-state index in [-0.39, 0.29) is 5.54 Å². The highest BCUT2D eigenvalue weighted by atomic mass is 15.5. The van der Waals surface area contributed by atoms with Crippen LogP contribution in [0.15, 0.2) is 0 Å². The smallest absolute Gasteiger partial charge is 0.0269 e. The quantitative estimate of drug-likeness (QED) is 0.474. The van der Waals surface area contributed by atoms with E-state index in [4.69, 9.17) is 0 Å². The van der Waals surface area contributed by atoms with Crippen molar-refractivity contribution < 1.29 is 0 Å². The van der Waals surface area contributed by atoms with E-state index in [0.29, 0.717) is 0 Å². The maximum Gasteiger partial charge on any atom is 0.0269 e. The van der Waals surface area contributed by atoms with Crippen LogP contribution < -0.4 is 5.43 Å². The van der Waals surface area contributed by atoms with Gasteiger partial charge in [0.2, 0.25) is 0 Å². The third kappa shape index (κ3) is 8.12. The molecule has 0 aromatic carbocycles. The maximum atomic E-state index is 3.59. The molecular formula is C14H32N2. The lowest BCUT2D eigenvalue weighted by Crippen LogP contribution is -2.51. The van der Waals surface area contributed by atoms with Crippen LogP contribution in [0.25, 0.3) is 0 Å². The molecule has 0 aliphatic rings. The molecule has 0 rings (SSSR count). The van der Waals surface area contributed by atoms with E-state index in [0.717, 1.165) is 6.54 Å². The zero-order valence-electron chi connectivity index (χ0n) is 12.1. The van der Waals surface area contributed by atoms with E-state index in [1.165, 1.54) is 45.1 Å². The first-order chi connectivity index (χ1) is 7.52. The zero-order chi connectivity index (χ0) is 12.4. The molecule has 2 heteroatoms. The molecule has 1 N–H and O–H groups in total. The van der Waals surface area contributed by atoms with Crippen LogP contribution in [0.1, 0.15) is 73.1 Å². The van der Waals surface area contributed by atoms with Gasteiger partial charge in [0.05, 0.1) is 0 Å². The Bertz CT molecular complexity index is 149. The molecule has 2 nitrogen and oxygen atoms in total. The van der Waals surface area contributed by atoms with E-state index in [1.54, 1.807) is 0 Å². The van der Waals surface area contributed by atoms with E-state index in [9.17, 15) is 0 Å². The van der Waals surface area contributed by atoms with Crippen LogP contribution >= 0.6 is 0 Å². The summed E-state index contributed by atoms with van der Waals surface area (Å²) < 4.78 is 0. The van der Waals surface area contributed by atoms with Crippen molar-refractivity contribution in [3.05, 3.63) is 0 Å². The number of hydrogen-bond acceptors (Lipinski definition) is 2. The van der Waals surface area contributed by atoms with Gasteiger partial charge in [-0.2, -0.15) is 0 Å². The van der Waals surface area contributed by atoms with Crippen molar-refractivity contribution in [2.75, 3.05) is 13.1 Å². The average Bonchev–Trinajstić information content (AvgIpc) is 2.20. The first-order valence-electron chi connectivity index (χ1n) is 7.03. The largest absolute Gasteiger partial charge is 0.255 e. The second kappa shape index (κ2) is 9.00. The number of nitrogens with one attached hydrogen (secondary N) is 1. The maximum absolute atomic E-state index is 3.59. The van der Waals surface area contributed by atoms with Crippen LogP contribution in [0.3, 0.4) is 0 Å². The number of unbranched alkanes of at least 4 members (excludes halogenated alkanes) is 4. The fourth-order valence-electron chi connectivity index (χ4n) is 1.76. The lowest BCUT2D eigenvalue weighted by atomic mass is 10.1. The second-order valence-corrected chi connectivity index (χ2v) is 5.64. The third-order valence-electron chi connectivity index (χ3n) is 2.88. The highest BCUT2D eigenvalue weighted by molar-refractivity contribution is 4.72. The van der Waals surface area contributed by atoms with Gasteiger partial charge in [-0.3, -0.25) is 5.43 Å². The highest BCUT2D eigenvalue weighted by Crippen LogP contribution is 2.12. The summed E-state index contributed by atoms with van der Waals surface area (Å²) in [5.74, 6) is 0. The van der Waals surface area contributed by atoms with Crippen LogP contribution in [0, 0.1) is 0 Å². The minimum absolute atomic E-state index is 0.236. The molecule has 0 aromatic heterocycles. The normalized spacial score (nSPS) is 12.4. The Balaban J connectivity index is 3.82. The minimum Gasteiger partial charge on any atom is -0.255 e. The molecule has 16 heavy (non-hydrogen) atoms. The van der Waals surface area contributed by atoms with Gasteiger partial charge < -0.3 is 0 Å². The topological polar surface area (TPSA) is 15.3 Å². The van der Waals surface area contributed by atoms with Crippen molar-refractivity contribution in [3.63, 3.8) is 0 Å². The molecular weight excluding hydrogens is 196 g/mol. The SMILES string of the molecule is CCCCCNN(CCCCC)C(C)(C)C. The second-order valence-electron chi connectivity index (χ2n) is 5.64. The van der Waals surface area contributed by atoms with Gasteiger partial charge in [-0.15, -0.1) is 0 Å². The fraction of sp³-hybridized carbons (Fsp3) is 1.00. The van der Waals surface area contributed by atoms with Crippen LogP contribution in [-0.2, 0) is 0 Å².